The monoisotopic (exact) mass is 266 g/mol. The van der Waals surface area contributed by atoms with Crippen LogP contribution in [0.2, 0.25) is 0 Å². The van der Waals surface area contributed by atoms with Crippen LogP contribution in [0, 0.1) is 12.3 Å². The van der Waals surface area contributed by atoms with Crippen LogP contribution in [0.5, 0.6) is 0 Å². The van der Waals surface area contributed by atoms with E-state index in [9.17, 15) is 4.79 Å². The van der Waals surface area contributed by atoms with Crippen molar-refractivity contribution in [2.24, 2.45) is 5.73 Å². The van der Waals surface area contributed by atoms with Crippen molar-refractivity contribution in [3.8, 4) is 23.6 Å². The number of rotatable bonds is 4. The number of nitrogens with zero attached hydrogens (tertiary/aromatic N) is 1. The fourth-order valence-corrected chi connectivity index (χ4v) is 1.88. The number of terminal acetylenes is 1. The van der Waals surface area contributed by atoms with Crippen LogP contribution in [0.25, 0.3) is 11.3 Å². The summed E-state index contributed by atoms with van der Waals surface area (Å²) in [6.45, 7) is 0.380. The van der Waals surface area contributed by atoms with Gasteiger partial charge in [0.1, 0.15) is 5.69 Å². The van der Waals surface area contributed by atoms with Crippen LogP contribution in [0.1, 0.15) is 21.6 Å². The van der Waals surface area contributed by atoms with Gasteiger partial charge in [-0.25, -0.2) is 4.98 Å². The van der Waals surface area contributed by atoms with E-state index in [-0.39, 0.29) is 5.69 Å². The van der Waals surface area contributed by atoms with E-state index < -0.39 is 5.91 Å². The predicted molar refractivity (Wildman–Crippen MR) is 76.8 cm³/mol. The first-order chi connectivity index (χ1) is 9.63. The van der Waals surface area contributed by atoms with Crippen molar-refractivity contribution in [3.05, 3.63) is 53.2 Å². The van der Waals surface area contributed by atoms with Crippen LogP contribution in [0.15, 0.2) is 36.4 Å². The molecule has 1 amide bonds. The first-order valence-electron chi connectivity index (χ1n) is 6.01. The highest BCUT2D eigenvalue weighted by Crippen LogP contribution is 2.20. The fourth-order valence-electron chi connectivity index (χ4n) is 1.88. The molecule has 0 saturated heterocycles. The number of ether oxygens (including phenoxy) is 1. The summed E-state index contributed by atoms with van der Waals surface area (Å²) in [4.78, 5) is 15.6. The van der Waals surface area contributed by atoms with Crippen LogP contribution < -0.4 is 5.73 Å². The third-order valence-electron chi connectivity index (χ3n) is 2.77. The summed E-state index contributed by atoms with van der Waals surface area (Å²) >= 11 is 0. The topological polar surface area (TPSA) is 65.2 Å². The normalized spacial score (nSPS) is 10.0. The number of hydrogen-bond donors (Lipinski definition) is 1. The molecule has 0 fully saturated rings. The molecular formula is C16H14N2O2. The molecule has 0 radical (unpaired) electrons. The Morgan fingerprint density at radius 2 is 2.20 bits per heavy atom. The first-order valence-corrected chi connectivity index (χ1v) is 6.01. The van der Waals surface area contributed by atoms with Crippen LogP contribution in [-0.4, -0.2) is 18.0 Å². The minimum atomic E-state index is -0.572. The second-order valence-corrected chi connectivity index (χ2v) is 4.27. The second kappa shape index (κ2) is 6.00. The molecule has 2 rings (SSSR count). The highest BCUT2D eigenvalue weighted by Gasteiger charge is 2.09. The van der Waals surface area contributed by atoms with Crippen molar-refractivity contribution < 1.29 is 9.53 Å². The largest absolute Gasteiger partial charge is 0.380 e. The smallest absolute Gasteiger partial charge is 0.267 e. The number of amides is 1. The van der Waals surface area contributed by atoms with E-state index in [0.29, 0.717) is 12.3 Å². The van der Waals surface area contributed by atoms with Gasteiger partial charge in [0.05, 0.1) is 12.3 Å². The Morgan fingerprint density at radius 1 is 1.40 bits per heavy atom. The molecule has 1 aromatic carbocycles. The molecule has 2 N–H and O–H groups in total. The van der Waals surface area contributed by atoms with Gasteiger partial charge in [0, 0.05) is 18.2 Å². The number of pyridine rings is 1. The Balaban J connectivity index is 2.54. The standard InChI is InChI=1S/C16H14N2O2/c1-3-11-5-4-6-13(7-11)14-8-12(10-20-2)9-15(18-14)16(17)19/h1,4-9H,10H2,2H3,(H2,17,19). The molecule has 1 aromatic heterocycles. The Morgan fingerprint density at radius 3 is 2.85 bits per heavy atom. The zero-order chi connectivity index (χ0) is 14.5. The number of carbonyl (C=O) groups excluding carboxylic acids is 1. The van der Waals surface area contributed by atoms with E-state index in [1.54, 1.807) is 13.2 Å². The quantitative estimate of drug-likeness (QED) is 0.860. The lowest BCUT2D eigenvalue weighted by Gasteiger charge is -2.07. The Labute approximate surface area is 117 Å². The van der Waals surface area contributed by atoms with Gasteiger partial charge in [0.25, 0.3) is 5.91 Å². The summed E-state index contributed by atoms with van der Waals surface area (Å²) in [7, 11) is 1.59. The molecule has 1 heterocycles. The molecule has 20 heavy (non-hydrogen) atoms. The molecule has 0 aliphatic rings. The Bertz CT molecular complexity index is 687. The van der Waals surface area contributed by atoms with E-state index in [1.165, 1.54) is 0 Å². The van der Waals surface area contributed by atoms with Gasteiger partial charge in [0.15, 0.2) is 0 Å². The summed E-state index contributed by atoms with van der Waals surface area (Å²) in [6, 6.07) is 10.9. The van der Waals surface area contributed by atoms with Crippen molar-refractivity contribution >= 4 is 5.91 Å². The summed E-state index contributed by atoms with van der Waals surface area (Å²) in [5, 5.41) is 0. The van der Waals surface area contributed by atoms with Crippen LogP contribution in [0.3, 0.4) is 0 Å². The molecule has 0 unspecified atom stereocenters. The van der Waals surface area contributed by atoms with Gasteiger partial charge < -0.3 is 10.5 Å². The molecule has 0 saturated carbocycles. The molecule has 100 valence electrons. The maximum absolute atomic E-state index is 11.4. The van der Waals surface area contributed by atoms with E-state index in [0.717, 1.165) is 16.7 Å². The second-order valence-electron chi connectivity index (χ2n) is 4.27. The van der Waals surface area contributed by atoms with Crippen molar-refractivity contribution in [1.29, 1.82) is 0 Å². The Kier molecular flexibility index (Phi) is 4.14. The predicted octanol–water partition coefficient (Wildman–Crippen LogP) is 1.98. The molecule has 2 aromatic rings. The highest BCUT2D eigenvalue weighted by molar-refractivity contribution is 5.91. The lowest BCUT2D eigenvalue weighted by atomic mass is 10.1. The minimum absolute atomic E-state index is 0.209. The maximum Gasteiger partial charge on any atom is 0.267 e. The van der Waals surface area contributed by atoms with Gasteiger partial charge in [-0.15, -0.1) is 6.42 Å². The van der Waals surface area contributed by atoms with E-state index in [2.05, 4.69) is 10.9 Å². The first kappa shape index (κ1) is 13.8. The highest BCUT2D eigenvalue weighted by atomic mass is 16.5. The van der Waals surface area contributed by atoms with Gasteiger partial charge in [-0.1, -0.05) is 18.1 Å². The third kappa shape index (κ3) is 3.02. The lowest BCUT2D eigenvalue weighted by Crippen LogP contribution is -2.14. The molecule has 4 nitrogen and oxygen atoms in total. The minimum Gasteiger partial charge on any atom is -0.380 e. The zero-order valence-corrected chi connectivity index (χ0v) is 11.1. The van der Waals surface area contributed by atoms with Crippen molar-refractivity contribution in [2.45, 2.75) is 6.61 Å². The molecule has 0 bridgehead atoms. The average Bonchev–Trinajstić information content (AvgIpc) is 2.47. The average molecular weight is 266 g/mol. The van der Waals surface area contributed by atoms with Crippen molar-refractivity contribution in [3.63, 3.8) is 0 Å². The number of benzene rings is 1. The fraction of sp³-hybridized carbons (Fsp3) is 0.125. The molecule has 0 aliphatic heterocycles. The number of methoxy groups -OCH3 is 1. The number of hydrogen-bond acceptors (Lipinski definition) is 3. The summed E-state index contributed by atoms with van der Waals surface area (Å²) in [5.74, 6) is 2.00. The number of nitrogens with two attached hydrogens (primary N) is 1. The SMILES string of the molecule is C#Cc1cccc(-c2cc(COC)cc(C(N)=O)n2)c1. The number of primary amides is 1. The van der Waals surface area contributed by atoms with Gasteiger partial charge >= 0.3 is 0 Å². The lowest BCUT2D eigenvalue weighted by molar-refractivity contribution is 0.0995. The Hall–Kier alpha value is -2.64. The molecular weight excluding hydrogens is 252 g/mol. The van der Waals surface area contributed by atoms with E-state index in [1.807, 2.05) is 30.3 Å². The van der Waals surface area contributed by atoms with E-state index >= 15 is 0 Å². The summed E-state index contributed by atoms with van der Waals surface area (Å²) < 4.78 is 5.09. The molecule has 0 spiro atoms. The van der Waals surface area contributed by atoms with Crippen molar-refractivity contribution in [1.82, 2.24) is 4.98 Å². The van der Waals surface area contributed by atoms with Gasteiger partial charge in [0.2, 0.25) is 0 Å². The molecule has 0 aliphatic carbocycles. The van der Waals surface area contributed by atoms with Gasteiger partial charge in [-0.05, 0) is 29.8 Å². The van der Waals surface area contributed by atoms with Crippen LogP contribution in [0.4, 0.5) is 0 Å². The van der Waals surface area contributed by atoms with Crippen LogP contribution in [-0.2, 0) is 11.3 Å². The van der Waals surface area contributed by atoms with Gasteiger partial charge in [-0.3, -0.25) is 4.79 Å². The molecule has 4 heteroatoms. The number of aromatic nitrogens is 1. The van der Waals surface area contributed by atoms with Gasteiger partial charge in [-0.2, -0.15) is 0 Å². The summed E-state index contributed by atoms with van der Waals surface area (Å²) in [6.07, 6.45) is 5.39. The van der Waals surface area contributed by atoms with E-state index in [4.69, 9.17) is 16.9 Å². The zero-order valence-electron chi connectivity index (χ0n) is 11.1. The van der Waals surface area contributed by atoms with Crippen LogP contribution >= 0.6 is 0 Å². The summed E-state index contributed by atoms with van der Waals surface area (Å²) in [5.41, 5.74) is 8.58. The molecule has 0 atom stereocenters. The maximum atomic E-state index is 11.4. The number of carbonyl (C=O) groups is 1. The third-order valence-corrected chi connectivity index (χ3v) is 2.77. The van der Waals surface area contributed by atoms with Crippen molar-refractivity contribution in [2.75, 3.05) is 7.11 Å².